The summed E-state index contributed by atoms with van der Waals surface area (Å²) in [6, 6.07) is 10.0. The topological polar surface area (TPSA) is 102 Å². The zero-order chi connectivity index (χ0) is 20.4. The summed E-state index contributed by atoms with van der Waals surface area (Å²) in [5.41, 5.74) is 4.64. The highest BCUT2D eigenvalue weighted by Crippen LogP contribution is 2.21. The molecule has 1 saturated heterocycles. The molecule has 1 aromatic carbocycles. The van der Waals surface area contributed by atoms with E-state index >= 15 is 0 Å². The van der Waals surface area contributed by atoms with E-state index in [4.69, 9.17) is 4.98 Å². The van der Waals surface area contributed by atoms with Crippen molar-refractivity contribution in [3.8, 4) is 0 Å². The number of hydrogen-bond acceptors (Lipinski definition) is 7. The Morgan fingerprint density at radius 3 is 2.72 bits per heavy atom. The second-order valence-corrected chi connectivity index (χ2v) is 6.94. The molecule has 1 aliphatic heterocycles. The van der Waals surface area contributed by atoms with Crippen molar-refractivity contribution >= 4 is 29.3 Å². The molecule has 1 aliphatic rings. The lowest BCUT2D eigenvalue weighted by Crippen LogP contribution is -2.28. The minimum atomic E-state index is -1.30. The molecule has 2 aromatic heterocycles. The van der Waals surface area contributed by atoms with Crippen LogP contribution in [0.15, 0.2) is 52.5 Å². The summed E-state index contributed by atoms with van der Waals surface area (Å²) in [6.45, 7) is 3.58. The van der Waals surface area contributed by atoms with Gasteiger partial charge < -0.3 is 14.8 Å². The molecule has 0 bridgehead atoms. The zero-order valence-corrected chi connectivity index (χ0v) is 16.0. The first-order chi connectivity index (χ1) is 14.1. The molecule has 4 rings (SSSR count). The minimum Gasteiger partial charge on any atom is -0.545 e. The SMILES string of the molecule is Cc1cccn2c(=O)c(/C=N\Nc3ccccc3C(=O)[O-])c(N3CCCC3)nc12. The fourth-order valence-electron chi connectivity index (χ4n) is 3.51. The quantitative estimate of drug-likeness (QED) is 0.522. The van der Waals surface area contributed by atoms with Crippen LogP contribution in [0.25, 0.3) is 5.65 Å². The van der Waals surface area contributed by atoms with Gasteiger partial charge in [-0.25, -0.2) is 4.98 Å². The van der Waals surface area contributed by atoms with Gasteiger partial charge in [0, 0.05) is 24.8 Å². The minimum absolute atomic E-state index is 0.00611. The predicted molar refractivity (Wildman–Crippen MR) is 110 cm³/mol. The van der Waals surface area contributed by atoms with Gasteiger partial charge in [-0.1, -0.05) is 24.3 Å². The van der Waals surface area contributed by atoms with Crippen LogP contribution in [0, 0.1) is 6.92 Å². The van der Waals surface area contributed by atoms with Crippen LogP contribution in [0.2, 0.25) is 0 Å². The Morgan fingerprint density at radius 2 is 1.97 bits per heavy atom. The van der Waals surface area contributed by atoms with E-state index in [1.54, 1.807) is 30.5 Å². The molecule has 3 aromatic rings. The van der Waals surface area contributed by atoms with Gasteiger partial charge in [-0.2, -0.15) is 5.10 Å². The van der Waals surface area contributed by atoms with E-state index in [0.717, 1.165) is 31.5 Å². The number of para-hydroxylation sites is 1. The summed E-state index contributed by atoms with van der Waals surface area (Å²) >= 11 is 0. The number of aromatic nitrogens is 2. The Bertz CT molecular complexity index is 1160. The molecular formula is C21H20N5O3-. The van der Waals surface area contributed by atoms with Crippen molar-refractivity contribution in [2.75, 3.05) is 23.4 Å². The standard InChI is InChI=1S/C21H21N5O3/c1-14-7-6-12-26-18(14)23-19(25-10-4-5-11-25)16(20(26)27)13-22-24-17-9-3-2-8-15(17)21(28)29/h2-3,6-9,12-13,24H,4-5,10-11H2,1H3,(H,28,29)/p-1/b22-13-. The number of carboxylic acids is 1. The molecule has 8 nitrogen and oxygen atoms in total. The number of pyridine rings is 1. The molecule has 0 spiro atoms. The normalized spacial score (nSPS) is 14.0. The summed E-state index contributed by atoms with van der Waals surface area (Å²) < 4.78 is 1.51. The third-order valence-electron chi connectivity index (χ3n) is 5.00. The maximum Gasteiger partial charge on any atom is 0.268 e. The molecule has 0 radical (unpaired) electrons. The van der Waals surface area contributed by atoms with Crippen molar-refractivity contribution < 1.29 is 9.90 Å². The summed E-state index contributed by atoms with van der Waals surface area (Å²) in [6.07, 6.45) is 5.18. The number of benzene rings is 1. The molecule has 3 heterocycles. The molecule has 1 N–H and O–H groups in total. The van der Waals surface area contributed by atoms with Gasteiger partial charge in [0.2, 0.25) is 0 Å². The number of hydrogen-bond donors (Lipinski definition) is 1. The largest absolute Gasteiger partial charge is 0.545 e. The molecule has 29 heavy (non-hydrogen) atoms. The van der Waals surface area contributed by atoms with Crippen molar-refractivity contribution in [1.82, 2.24) is 9.38 Å². The number of carbonyl (C=O) groups excluding carboxylic acids is 1. The first-order valence-electron chi connectivity index (χ1n) is 9.42. The number of fused-ring (bicyclic) bond motifs is 1. The van der Waals surface area contributed by atoms with E-state index in [1.807, 2.05) is 13.0 Å². The fraction of sp³-hybridized carbons (Fsp3) is 0.238. The molecule has 1 fully saturated rings. The average molecular weight is 390 g/mol. The maximum atomic E-state index is 13.1. The number of nitrogens with one attached hydrogen (secondary N) is 1. The van der Waals surface area contributed by atoms with Gasteiger partial charge in [-0.15, -0.1) is 0 Å². The van der Waals surface area contributed by atoms with Gasteiger partial charge in [0.05, 0.1) is 17.9 Å². The Morgan fingerprint density at radius 1 is 1.21 bits per heavy atom. The van der Waals surface area contributed by atoms with Crippen LogP contribution in [0.3, 0.4) is 0 Å². The maximum absolute atomic E-state index is 13.1. The molecular weight excluding hydrogens is 370 g/mol. The number of carbonyl (C=O) groups is 1. The Balaban J connectivity index is 1.77. The summed E-state index contributed by atoms with van der Waals surface area (Å²) in [7, 11) is 0. The summed E-state index contributed by atoms with van der Waals surface area (Å²) in [4.78, 5) is 31.2. The zero-order valence-electron chi connectivity index (χ0n) is 16.0. The number of aromatic carboxylic acids is 1. The van der Waals surface area contributed by atoms with Crippen LogP contribution in [0.5, 0.6) is 0 Å². The summed E-state index contributed by atoms with van der Waals surface area (Å²) in [5, 5.41) is 15.4. The van der Waals surface area contributed by atoms with Crippen molar-refractivity contribution in [3.63, 3.8) is 0 Å². The first-order valence-corrected chi connectivity index (χ1v) is 9.42. The highest BCUT2D eigenvalue weighted by molar-refractivity contribution is 5.93. The average Bonchev–Trinajstić information content (AvgIpc) is 3.25. The number of rotatable bonds is 5. The lowest BCUT2D eigenvalue weighted by atomic mass is 10.2. The summed E-state index contributed by atoms with van der Waals surface area (Å²) in [5.74, 6) is -0.704. The second-order valence-electron chi connectivity index (χ2n) is 6.94. The number of nitrogens with zero attached hydrogens (tertiary/aromatic N) is 4. The van der Waals surface area contributed by atoms with Crippen LogP contribution in [0.4, 0.5) is 11.5 Å². The van der Waals surface area contributed by atoms with Gasteiger partial charge in [0.1, 0.15) is 17.0 Å². The lowest BCUT2D eigenvalue weighted by Gasteiger charge is -2.19. The van der Waals surface area contributed by atoms with Crippen molar-refractivity contribution in [2.45, 2.75) is 19.8 Å². The van der Waals surface area contributed by atoms with Gasteiger partial charge >= 0.3 is 0 Å². The first kappa shape index (κ1) is 18.7. The molecule has 0 saturated carbocycles. The molecule has 148 valence electrons. The van der Waals surface area contributed by atoms with Gasteiger partial charge in [0.25, 0.3) is 5.56 Å². The van der Waals surface area contributed by atoms with Crippen molar-refractivity contribution in [2.24, 2.45) is 5.10 Å². The van der Waals surface area contributed by atoms with Crippen molar-refractivity contribution in [1.29, 1.82) is 0 Å². The van der Waals surface area contributed by atoms with Gasteiger partial charge in [-0.3, -0.25) is 14.6 Å². The van der Waals surface area contributed by atoms with E-state index in [9.17, 15) is 14.7 Å². The number of anilines is 2. The van der Waals surface area contributed by atoms with E-state index in [2.05, 4.69) is 15.4 Å². The highest BCUT2D eigenvalue weighted by Gasteiger charge is 2.21. The van der Waals surface area contributed by atoms with Crippen LogP contribution in [-0.2, 0) is 0 Å². The predicted octanol–water partition coefficient (Wildman–Crippen LogP) is 1.41. The van der Waals surface area contributed by atoms with E-state index < -0.39 is 5.97 Å². The fourth-order valence-corrected chi connectivity index (χ4v) is 3.51. The van der Waals surface area contributed by atoms with Crippen LogP contribution in [-0.4, -0.2) is 34.7 Å². The second kappa shape index (κ2) is 7.75. The van der Waals surface area contributed by atoms with Gasteiger partial charge in [-0.05, 0) is 37.5 Å². The molecule has 8 heteroatoms. The number of aryl methyl sites for hydroxylation is 1. The lowest BCUT2D eigenvalue weighted by molar-refractivity contribution is -0.254. The highest BCUT2D eigenvalue weighted by atomic mass is 16.4. The number of hydrazone groups is 1. The van der Waals surface area contributed by atoms with E-state index in [1.165, 1.54) is 16.7 Å². The molecule has 0 amide bonds. The van der Waals surface area contributed by atoms with E-state index in [-0.39, 0.29) is 16.8 Å². The van der Waals surface area contributed by atoms with Crippen LogP contribution in [0.1, 0.15) is 34.3 Å². The molecule has 0 aliphatic carbocycles. The monoisotopic (exact) mass is 390 g/mol. The molecule has 0 unspecified atom stereocenters. The van der Waals surface area contributed by atoms with E-state index in [0.29, 0.717) is 17.0 Å². The third kappa shape index (κ3) is 3.56. The Labute approximate surface area is 167 Å². The van der Waals surface area contributed by atoms with Crippen LogP contribution >= 0.6 is 0 Å². The Kier molecular flexibility index (Phi) is 4.99. The third-order valence-corrected chi connectivity index (χ3v) is 5.00. The number of carboxylic acid groups (broad SMARTS) is 1. The molecule has 0 atom stereocenters. The van der Waals surface area contributed by atoms with Gasteiger partial charge in [0.15, 0.2) is 0 Å². The Hall–Kier alpha value is -3.68. The van der Waals surface area contributed by atoms with Crippen molar-refractivity contribution in [3.05, 3.63) is 69.6 Å². The van der Waals surface area contributed by atoms with Crippen LogP contribution < -0.4 is 21.0 Å². The smallest absolute Gasteiger partial charge is 0.268 e.